The van der Waals surface area contributed by atoms with Crippen LogP contribution in [0.1, 0.15) is 40.9 Å². The second-order valence-electron chi connectivity index (χ2n) is 6.57. The number of hydrogen-bond acceptors (Lipinski definition) is 6. The highest BCUT2D eigenvalue weighted by molar-refractivity contribution is 5.96. The summed E-state index contributed by atoms with van der Waals surface area (Å²) in [5.74, 6) is 1.81. The topological polar surface area (TPSA) is 94.1 Å². The largest absolute Gasteiger partial charge is 0.440 e. The van der Waals surface area contributed by atoms with Crippen molar-refractivity contribution in [1.29, 1.82) is 0 Å². The molecular formula is C20H16N4O3. The minimum atomic E-state index is -0.235. The second kappa shape index (κ2) is 6.35. The van der Waals surface area contributed by atoms with Crippen LogP contribution in [0.15, 0.2) is 57.5 Å². The molecule has 1 aliphatic rings. The van der Waals surface area contributed by atoms with Crippen LogP contribution in [0.25, 0.3) is 22.5 Å². The third-order valence-corrected chi connectivity index (χ3v) is 4.49. The number of amides is 1. The van der Waals surface area contributed by atoms with Gasteiger partial charge in [-0.2, -0.15) is 4.98 Å². The van der Waals surface area contributed by atoms with Gasteiger partial charge in [0, 0.05) is 17.0 Å². The summed E-state index contributed by atoms with van der Waals surface area (Å²) in [4.78, 5) is 21.2. The molecule has 1 amide bonds. The Morgan fingerprint density at radius 3 is 2.78 bits per heavy atom. The molecule has 1 N–H and O–H groups in total. The summed E-state index contributed by atoms with van der Waals surface area (Å²) >= 11 is 0. The van der Waals surface area contributed by atoms with Gasteiger partial charge in [-0.25, -0.2) is 4.98 Å². The van der Waals surface area contributed by atoms with Crippen LogP contribution in [0.4, 0.5) is 0 Å². The molecule has 7 heteroatoms. The summed E-state index contributed by atoms with van der Waals surface area (Å²) in [5, 5.41) is 6.73. The lowest BCUT2D eigenvalue weighted by Crippen LogP contribution is -2.22. The lowest BCUT2D eigenvalue weighted by molar-refractivity contribution is 0.0946. The number of fused-ring (bicyclic) bond motifs is 1. The van der Waals surface area contributed by atoms with Gasteiger partial charge in [0.05, 0.1) is 6.54 Å². The molecule has 0 unspecified atom stereocenters. The third-order valence-electron chi connectivity index (χ3n) is 4.49. The van der Waals surface area contributed by atoms with Gasteiger partial charge in [0.15, 0.2) is 11.5 Å². The van der Waals surface area contributed by atoms with Crippen LogP contribution in [0.3, 0.4) is 0 Å². The Kier molecular flexibility index (Phi) is 3.71. The van der Waals surface area contributed by atoms with Crippen molar-refractivity contribution in [2.45, 2.75) is 25.3 Å². The number of rotatable bonds is 5. The molecule has 1 saturated carbocycles. The molecule has 4 aromatic rings. The molecule has 0 saturated heterocycles. The standard InChI is InChI=1S/C20H16N4O3/c25-19(14-8-9-15-16(10-14)26-20(22-15)13-6-7-13)21-11-17-23-18(24-27-17)12-4-2-1-3-5-12/h1-5,8-10,13H,6-7,11H2,(H,21,25). The summed E-state index contributed by atoms with van der Waals surface area (Å²) in [6.45, 7) is 0.153. The summed E-state index contributed by atoms with van der Waals surface area (Å²) in [6.07, 6.45) is 2.24. The molecule has 1 fully saturated rings. The van der Waals surface area contributed by atoms with Crippen LogP contribution < -0.4 is 5.32 Å². The first-order valence-electron chi connectivity index (χ1n) is 8.83. The molecule has 0 spiro atoms. The number of carbonyl (C=O) groups excluding carboxylic acids is 1. The van der Waals surface area contributed by atoms with Gasteiger partial charge in [-0.05, 0) is 31.0 Å². The maximum Gasteiger partial charge on any atom is 0.251 e. The first-order valence-corrected chi connectivity index (χ1v) is 8.83. The van der Waals surface area contributed by atoms with Gasteiger partial charge in [0.1, 0.15) is 5.52 Å². The zero-order valence-corrected chi connectivity index (χ0v) is 14.4. The minimum Gasteiger partial charge on any atom is -0.440 e. The van der Waals surface area contributed by atoms with Crippen molar-refractivity contribution in [3.05, 3.63) is 65.9 Å². The fourth-order valence-electron chi connectivity index (χ4n) is 2.88. The highest BCUT2D eigenvalue weighted by atomic mass is 16.5. The van der Waals surface area contributed by atoms with Crippen LogP contribution in [0, 0.1) is 0 Å². The summed E-state index contributed by atoms with van der Waals surface area (Å²) in [5.41, 5.74) is 2.77. The Hall–Kier alpha value is -3.48. The first kappa shape index (κ1) is 15.7. The minimum absolute atomic E-state index is 0.153. The molecule has 0 aliphatic heterocycles. The number of nitrogens with zero attached hydrogens (tertiary/aromatic N) is 3. The van der Waals surface area contributed by atoms with Crippen molar-refractivity contribution >= 4 is 17.0 Å². The molecule has 2 aromatic heterocycles. The van der Waals surface area contributed by atoms with Crippen molar-refractivity contribution in [3.63, 3.8) is 0 Å². The SMILES string of the molecule is O=C(NCc1nc(-c2ccccc2)no1)c1ccc2nc(C3CC3)oc2c1. The highest BCUT2D eigenvalue weighted by Gasteiger charge is 2.29. The van der Waals surface area contributed by atoms with Crippen LogP contribution >= 0.6 is 0 Å². The zero-order chi connectivity index (χ0) is 18.2. The zero-order valence-electron chi connectivity index (χ0n) is 14.4. The molecule has 134 valence electrons. The van der Waals surface area contributed by atoms with Gasteiger partial charge >= 0.3 is 0 Å². The van der Waals surface area contributed by atoms with E-state index in [1.807, 2.05) is 30.3 Å². The molecule has 7 nitrogen and oxygen atoms in total. The molecule has 2 heterocycles. The number of oxazole rings is 1. The molecule has 27 heavy (non-hydrogen) atoms. The molecule has 5 rings (SSSR count). The number of aromatic nitrogens is 3. The Morgan fingerprint density at radius 2 is 1.96 bits per heavy atom. The summed E-state index contributed by atoms with van der Waals surface area (Å²) in [7, 11) is 0. The lowest BCUT2D eigenvalue weighted by Gasteiger charge is -2.01. The lowest BCUT2D eigenvalue weighted by atomic mass is 10.2. The van der Waals surface area contributed by atoms with E-state index in [4.69, 9.17) is 8.94 Å². The summed E-state index contributed by atoms with van der Waals surface area (Å²) < 4.78 is 11.0. The van der Waals surface area contributed by atoms with Gasteiger partial charge in [-0.15, -0.1) is 0 Å². The van der Waals surface area contributed by atoms with E-state index in [-0.39, 0.29) is 12.5 Å². The Bertz CT molecular complexity index is 1110. The molecule has 1 aliphatic carbocycles. The fraction of sp³-hybridized carbons (Fsp3) is 0.200. The predicted molar refractivity (Wildman–Crippen MR) is 96.9 cm³/mol. The van der Waals surface area contributed by atoms with Crippen LogP contribution in [0.2, 0.25) is 0 Å². The van der Waals surface area contributed by atoms with E-state index in [0.29, 0.717) is 28.8 Å². The molecule has 2 aromatic carbocycles. The van der Waals surface area contributed by atoms with Crippen molar-refractivity contribution in [2.24, 2.45) is 0 Å². The number of nitrogens with one attached hydrogen (secondary N) is 1. The number of benzene rings is 2. The van der Waals surface area contributed by atoms with Crippen LogP contribution in [0.5, 0.6) is 0 Å². The predicted octanol–water partition coefficient (Wildman–Crippen LogP) is 3.69. The van der Waals surface area contributed by atoms with E-state index in [1.165, 1.54) is 0 Å². The van der Waals surface area contributed by atoms with E-state index < -0.39 is 0 Å². The van der Waals surface area contributed by atoms with E-state index in [1.54, 1.807) is 18.2 Å². The molecule has 0 atom stereocenters. The average molecular weight is 360 g/mol. The van der Waals surface area contributed by atoms with Gasteiger partial charge in [0.2, 0.25) is 11.7 Å². The highest BCUT2D eigenvalue weighted by Crippen LogP contribution is 2.40. The van der Waals surface area contributed by atoms with Crippen LogP contribution in [-0.2, 0) is 6.54 Å². The van der Waals surface area contributed by atoms with Crippen molar-refractivity contribution in [3.8, 4) is 11.4 Å². The van der Waals surface area contributed by atoms with Crippen molar-refractivity contribution in [2.75, 3.05) is 0 Å². The van der Waals surface area contributed by atoms with Crippen LogP contribution in [-0.4, -0.2) is 21.0 Å². The Labute approximate surface area is 154 Å². The van der Waals surface area contributed by atoms with E-state index in [2.05, 4.69) is 20.4 Å². The Morgan fingerprint density at radius 1 is 1.11 bits per heavy atom. The second-order valence-corrected chi connectivity index (χ2v) is 6.57. The fourth-order valence-corrected chi connectivity index (χ4v) is 2.88. The number of carbonyl (C=O) groups is 1. The molecular weight excluding hydrogens is 344 g/mol. The van der Waals surface area contributed by atoms with E-state index in [0.717, 1.165) is 29.8 Å². The van der Waals surface area contributed by atoms with Crippen molar-refractivity contribution in [1.82, 2.24) is 20.4 Å². The average Bonchev–Trinajstić information content (AvgIpc) is 3.30. The van der Waals surface area contributed by atoms with Gasteiger partial charge < -0.3 is 14.3 Å². The monoisotopic (exact) mass is 360 g/mol. The smallest absolute Gasteiger partial charge is 0.251 e. The summed E-state index contributed by atoms with van der Waals surface area (Å²) in [6, 6.07) is 14.8. The Balaban J connectivity index is 1.28. The molecule has 0 radical (unpaired) electrons. The van der Waals surface area contributed by atoms with Crippen molar-refractivity contribution < 1.29 is 13.7 Å². The first-order chi connectivity index (χ1) is 13.3. The molecule has 0 bridgehead atoms. The van der Waals surface area contributed by atoms with Gasteiger partial charge in [-0.3, -0.25) is 4.79 Å². The number of hydrogen-bond donors (Lipinski definition) is 1. The van der Waals surface area contributed by atoms with E-state index in [9.17, 15) is 4.79 Å². The normalized spacial score (nSPS) is 13.8. The van der Waals surface area contributed by atoms with E-state index >= 15 is 0 Å². The maximum absolute atomic E-state index is 12.4. The third kappa shape index (κ3) is 3.19. The maximum atomic E-state index is 12.4. The van der Waals surface area contributed by atoms with Gasteiger partial charge in [0.25, 0.3) is 5.91 Å². The quantitative estimate of drug-likeness (QED) is 0.583. The van der Waals surface area contributed by atoms with Gasteiger partial charge in [-0.1, -0.05) is 35.5 Å².